The van der Waals surface area contributed by atoms with Gasteiger partial charge >= 0.3 is 0 Å². The average molecular weight is 468 g/mol. The van der Waals surface area contributed by atoms with Crippen LogP contribution in [0.1, 0.15) is 122 Å². The summed E-state index contributed by atoms with van der Waals surface area (Å²) in [6, 6.07) is 2.86. The minimum absolute atomic E-state index is 0.106. The Hall–Kier alpha value is -1.27. The Labute approximate surface area is 198 Å². The smallest absolute Gasteiger partial charge is 0.240 e. The lowest BCUT2D eigenvalue weighted by Gasteiger charge is -2.15. The molecule has 5 N–H and O–H groups in total. The van der Waals surface area contributed by atoms with Gasteiger partial charge in [-0.15, -0.1) is 0 Å². The van der Waals surface area contributed by atoms with E-state index in [2.05, 4.69) is 11.6 Å². The Morgan fingerprint density at radius 3 is 1.53 bits per heavy atom. The maximum atomic E-state index is 12.6. The van der Waals surface area contributed by atoms with E-state index in [-0.39, 0.29) is 10.9 Å². The van der Waals surface area contributed by atoms with E-state index in [9.17, 15) is 8.42 Å². The van der Waals surface area contributed by atoms with Crippen molar-refractivity contribution in [3.63, 3.8) is 0 Å². The van der Waals surface area contributed by atoms with E-state index >= 15 is 0 Å². The predicted molar refractivity (Wildman–Crippen MR) is 139 cm³/mol. The lowest BCUT2D eigenvalue weighted by Crippen LogP contribution is -2.32. The van der Waals surface area contributed by atoms with Crippen molar-refractivity contribution in [2.75, 3.05) is 11.5 Å². The Morgan fingerprint density at radius 1 is 0.750 bits per heavy atom. The molecule has 6 heteroatoms. The molecule has 32 heavy (non-hydrogen) atoms. The Kier molecular flexibility index (Phi) is 14.7. The second-order valence-electron chi connectivity index (χ2n) is 9.49. The summed E-state index contributed by atoms with van der Waals surface area (Å²) in [6.07, 6.45) is 20.8. The molecule has 1 atom stereocenters. The number of rotatable bonds is 19. The van der Waals surface area contributed by atoms with E-state index in [4.69, 9.17) is 11.5 Å². The minimum atomic E-state index is -3.60. The second kappa shape index (κ2) is 16.4. The normalized spacial score (nSPS) is 12.8. The van der Waals surface area contributed by atoms with Crippen molar-refractivity contribution in [3.8, 4) is 0 Å². The molecule has 0 bridgehead atoms. The van der Waals surface area contributed by atoms with Crippen LogP contribution < -0.4 is 16.2 Å². The topological polar surface area (TPSA) is 98.2 Å². The molecule has 0 amide bonds. The first-order valence-corrected chi connectivity index (χ1v) is 14.4. The fourth-order valence-electron chi connectivity index (χ4n) is 4.10. The van der Waals surface area contributed by atoms with Gasteiger partial charge in [-0.2, -0.15) is 0 Å². The number of nitrogens with one attached hydrogen (secondary N) is 1. The quantitative estimate of drug-likeness (QED) is 0.149. The van der Waals surface area contributed by atoms with Crippen molar-refractivity contribution in [1.82, 2.24) is 4.72 Å². The van der Waals surface area contributed by atoms with Crippen molar-refractivity contribution in [2.24, 2.45) is 0 Å². The number of unbranched alkanes of at least 4 members (excludes halogenated alkanes) is 14. The van der Waals surface area contributed by atoms with Crippen LogP contribution in [-0.2, 0) is 10.0 Å². The first-order chi connectivity index (χ1) is 15.3. The lowest BCUT2D eigenvalue weighted by molar-refractivity contribution is 0.505. The number of benzene rings is 1. The van der Waals surface area contributed by atoms with E-state index in [0.717, 1.165) is 24.8 Å². The van der Waals surface area contributed by atoms with Crippen molar-refractivity contribution in [2.45, 2.75) is 134 Å². The highest BCUT2D eigenvalue weighted by Crippen LogP contribution is 2.24. The summed E-state index contributed by atoms with van der Waals surface area (Å²) in [5.41, 5.74) is 13.3. The van der Waals surface area contributed by atoms with Gasteiger partial charge in [-0.3, -0.25) is 0 Å². The molecule has 0 saturated carbocycles. The molecule has 1 unspecified atom stereocenters. The van der Waals surface area contributed by atoms with Crippen LogP contribution in [-0.4, -0.2) is 14.5 Å². The zero-order valence-electron chi connectivity index (χ0n) is 20.9. The highest BCUT2D eigenvalue weighted by atomic mass is 32.2. The third-order valence-corrected chi connectivity index (χ3v) is 7.94. The molecule has 0 aromatic heterocycles. The first kappa shape index (κ1) is 28.8. The van der Waals surface area contributed by atoms with Gasteiger partial charge in [-0.05, 0) is 38.0 Å². The van der Waals surface area contributed by atoms with E-state index in [0.29, 0.717) is 11.4 Å². The fraction of sp³-hybridized carbons (Fsp3) is 0.769. The zero-order valence-corrected chi connectivity index (χ0v) is 21.7. The number of sulfonamides is 1. The van der Waals surface area contributed by atoms with Crippen LogP contribution in [0.3, 0.4) is 0 Å². The van der Waals surface area contributed by atoms with Gasteiger partial charge in [0, 0.05) is 17.4 Å². The number of hydrogen-bond acceptors (Lipinski definition) is 4. The van der Waals surface area contributed by atoms with Gasteiger partial charge in [0.15, 0.2) is 0 Å². The summed E-state index contributed by atoms with van der Waals surface area (Å²) in [5.74, 6) is 0. The molecule has 1 aromatic carbocycles. The SMILES string of the molecule is CCCCCCCCCCCCCCCCCC(C)NS(=O)(=O)c1cc(N)c(C)c(N)c1. The molecule has 0 aliphatic carbocycles. The van der Waals surface area contributed by atoms with Crippen molar-refractivity contribution >= 4 is 21.4 Å². The second-order valence-corrected chi connectivity index (χ2v) is 11.2. The Bertz CT molecular complexity index is 712. The summed E-state index contributed by atoms with van der Waals surface area (Å²) in [7, 11) is -3.60. The van der Waals surface area contributed by atoms with Crippen LogP contribution in [0.2, 0.25) is 0 Å². The summed E-state index contributed by atoms with van der Waals surface area (Å²) < 4.78 is 28.0. The standard InChI is InChI=1S/C26H49N3O2S/c1-4-5-6-7-8-9-10-11-12-13-14-15-16-17-18-19-22(2)29-32(30,31)24-20-25(27)23(3)26(28)21-24/h20-22,29H,4-19,27-28H2,1-3H3. The molecule has 0 radical (unpaired) electrons. The third-order valence-electron chi connectivity index (χ3n) is 6.37. The van der Waals surface area contributed by atoms with E-state index in [1.807, 2.05) is 6.92 Å². The molecule has 0 aliphatic rings. The van der Waals surface area contributed by atoms with Gasteiger partial charge in [-0.25, -0.2) is 13.1 Å². The molecule has 186 valence electrons. The van der Waals surface area contributed by atoms with Crippen LogP contribution in [0.5, 0.6) is 0 Å². The van der Waals surface area contributed by atoms with Crippen LogP contribution in [0.25, 0.3) is 0 Å². The third kappa shape index (κ3) is 12.1. The molecular formula is C26H49N3O2S. The van der Waals surface area contributed by atoms with E-state index in [1.165, 1.54) is 95.6 Å². The monoisotopic (exact) mass is 467 g/mol. The van der Waals surface area contributed by atoms with Crippen molar-refractivity contribution < 1.29 is 8.42 Å². The summed E-state index contributed by atoms with van der Waals surface area (Å²) in [5, 5.41) is 0. The highest BCUT2D eigenvalue weighted by Gasteiger charge is 2.19. The van der Waals surface area contributed by atoms with Crippen LogP contribution >= 0.6 is 0 Å². The number of anilines is 2. The fourth-order valence-corrected chi connectivity index (χ4v) is 5.45. The van der Waals surface area contributed by atoms with Crippen LogP contribution in [0.4, 0.5) is 11.4 Å². The molecule has 0 saturated heterocycles. The van der Waals surface area contributed by atoms with Crippen LogP contribution in [0.15, 0.2) is 17.0 Å². The molecule has 5 nitrogen and oxygen atoms in total. The predicted octanol–water partition coefficient (Wildman–Crippen LogP) is 7.09. The highest BCUT2D eigenvalue weighted by molar-refractivity contribution is 7.89. The number of hydrogen-bond donors (Lipinski definition) is 3. The van der Waals surface area contributed by atoms with Gasteiger partial charge in [0.25, 0.3) is 0 Å². The number of nitrogens with two attached hydrogens (primary N) is 2. The van der Waals surface area contributed by atoms with Gasteiger partial charge in [0.05, 0.1) is 4.90 Å². The maximum absolute atomic E-state index is 12.6. The van der Waals surface area contributed by atoms with E-state index in [1.54, 1.807) is 6.92 Å². The molecule has 0 spiro atoms. The summed E-state index contributed by atoms with van der Waals surface area (Å²) in [6.45, 7) is 5.97. The summed E-state index contributed by atoms with van der Waals surface area (Å²) >= 11 is 0. The Morgan fingerprint density at radius 2 is 1.12 bits per heavy atom. The average Bonchev–Trinajstić information content (AvgIpc) is 2.74. The van der Waals surface area contributed by atoms with Gasteiger partial charge in [0.1, 0.15) is 0 Å². The number of nitrogen functional groups attached to an aromatic ring is 2. The van der Waals surface area contributed by atoms with Gasteiger partial charge in [0.2, 0.25) is 10.0 Å². The zero-order chi connectivity index (χ0) is 23.8. The molecule has 0 fully saturated rings. The van der Waals surface area contributed by atoms with Crippen molar-refractivity contribution in [3.05, 3.63) is 17.7 Å². The minimum Gasteiger partial charge on any atom is -0.398 e. The van der Waals surface area contributed by atoms with Crippen LogP contribution in [0, 0.1) is 6.92 Å². The molecule has 1 rings (SSSR count). The van der Waals surface area contributed by atoms with Gasteiger partial charge in [-0.1, -0.05) is 103 Å². The first-order valence-electron chi connectivity index (χ1n) is 13.0. The molecule has 0 heterocycles. The molecule has 0 aliphatic heterocycles. The van der Waals surface area contributed by atoms with Gasteiger partial charge < -0.3 is 11.5 Å². The van der Waals surface area contributed by atoms with Crippen molar-refractivity contribution in [1.29, 1.82) is 0 Å². The Balaban J connectivity index is 2.05. The van der Waals surface area contributed by atoms with E-state index < -0.39 is 10.0 Å². The molecular weight excluding hydrogens is 418 g/mol. The summed E-state index contributed by atoms with van der Waals surface area (Å²) in [4.78, 5) is 0.140. The molecule has 1 aromatic rings. The lowest BCUT2D eigenvalue weighted by atomic mass is 10.0. The largest absolute Gasteiger partial charge is 0.398 e. The maximum Gasteiger partial charge on any atom is 0.240 e.